The van der Waals surface area contributed by atoms with E-state index in [0.29, 0.717) is 5.92 Å². The number of hydrogen-bond donors (Lipinski definition) is 0. The van der Waals surface area contributed by atoms with E-state index in [2.05, 4.69) is 77.5 Å². The fourth-order valence-electron chi connectivity index (χ4n) is 3.27. The van der Waals surface area contributed by atoms with Crippen molar-refractivity contribution in [1.29, 1.82) is 0 Å². The third kappa shape index (κ3) is 4.36. The van der Waals surface area contributed by atoms with Crippen molar-refractivity contribution in [3.63, 3.8) is 0 Å². The highest BCUT2D eigenvalue weighted by atomic mass is 15.3. The number of hydrogen-bond acceptors (Lipinski definition) is 2. The van der Waals surface area contributed by atoms with E-state index in [1.165, 1.54) is 16.8 Å². The molecule has 0 saturated heterocycles. The van der Waals surface area contributed by atoms with Crippen LogP contribution in [-0.2, 0) is 12.8 Å². The molecule has 0 bridgehead atoms. The van der Waals surface area contributed by atoms with Gasteiger partial charge < -0.3 is 0 Å². The molecule has 1 aromatic carbocycles. The number of nitrogens with zero attached hydrogens (tertiary/aromatic N) is 3. The normalized spacial score (nSPS) is 12.4. The van der Waals surface area contributed by atoms with Crippen LogP contribution in [0.4, 0.5) is 0 Å². The number of benzene rings is 1. The maximum absolute atomic E-state index is 4.50. The van der Waals surface area contributed by atoms with Gasteiger partial charge >= 0.3 is 0 Å². The molecule has 0 aliphatic carbocycles. The van der Waals surface area contributed by atoms with Crippen molar-refractivity contribution in [3.05, 3.63) is 77.8 Å². The molecular weight excluding hydrogens is 306 g/mol. The van der Waals surface area contributed by atoms with Crippen LogP contribution >= 0.6 is 0 Å². The fourth-order valence-corrected chi connectivity index (χ4v) is 3.27. The third-order valence-electron chi connectivity index (χ3n) is 4.73. The van der Waals surface area contributed by atoms with E-state index in [1.807, 2.05) is 6.07 Å². The molecule has 25 heavy (non-hydrogen) atoms. The predicted octanol–water partition coefficient (Wildman–Crippen LogP) is 5.36. The standard InChI is InChI=1S/C22H27N3/c1-17(2)15-16-20-13-8-14-21-23-24-22(25(20)21)18(3)9-7-12-19-10-5-4-6-11-19/h4-6,8,10-11,13-14,18H,1,7,9,12,15-16H2,2-3H3. The molecule has 0 amide bonds. The van der Waals surface area contributed by atoms with Gasteiger partial charge in [-0.1, -0.05) is 48.9 Å². The molecule has 3 nitrogen and oxygen atoms in total. The predicted molar refractivity (Wildman–Crippen MR) is 104 cm³/mol. The van der Waals surface area contributed by atoms with Gasteiger partial charge in [-0.25, -0.2) is 0 Å². The van der Waals surface area contributed by atoms with Gasteiger partial charge in [0.05, 0.1) is 0 Å². The lowest BCUT2D eigenvalue weighted by Crippen LogP contribution is -2.06. The second-order valence-corrected chi connectivity index (χ2v) is 7.00. The summed E-state index contributed by atoms with van der Waals surface area (Å²) < 4.78 is 2.25. The van der Waals surface area contributed by atoms with Gasteiger partial charge in [-0.2, -0.15) is 0 Å². The molecular formula is C22H27N3. The summed E-state index contributed by atoms with van der Waals surface area (Å²) in [6.45, 7) is 8.37. The van der Waals surface area contributed by atoms with E-state index < -0.39 is 0 Å². The molecule has 3 aromatic rings. The van der Waals surface area contributed by atoms with Crippen molar-refractivity contribution < 1.29 is 0 Å². The summed E-state index contributed by atoms with van der Waals surface area (Å²) in [5, 5.41) is 8.88. The van der Waals surface area contributed by atoms with Crippen LogP contribution in [0.25, 0.3) is 5.65 Å². The van der Waals surface area contributed by atoms with Crippen LogP contribution in [0.2, 0.25) is 0 Å². The van der Waals surface area contributed by atoms with Crippen LogP contribution in [0.1, 0.15) is 56.1 Å². The highest BCUT2D eigenvalue weighted by Crippen LogP contribution is 2.23. The molecule has 1 unspecified atom stereocenters. The Labute approximate surface area is 150 Å². The molecule has 0 radical (unpaired) electrons. The van der Waals surface area contributed by atoms with Crippen LogP contribution in [-0.4, -0.2) is 14.6 Å². The molecule has 0 aliphatic heterocycles. The Morgan fingerprint density at radius 2 is 1.84 bits per heavy atom. The third-order valence-corrected chi connectivity index (χ3v) is 4.73. The SMILES string of the molecule is C=C(C)CCc1cccc2nnc(C(C)CCCc3ccccc3)n12. The fraction of sp³-hybridized carbons (Fsp3) is 0.364. The van der Waals surface area contributed by atoms with Gasteiger partial charge in [-0.3, -0.25) is 4.40 Å². The molecule has 2 heterocycles. The molecule has 0 aliphatic rings. The van der Waals surface area contributed by atoms with Crippen LogP contribution in [0.15, 0.2) is 60.7 Å². The summed E-state index contributed by atoms with van der Waals surface area (Å²) in [6.07, 6.45) is 5.37. The van der Waals surface area contributed by atoms with E-state index >= 15 is 0 Å². The first kappa shape index (κ1) is 17.4. The molecule has 0 spiro atoms. The van der Waals surface area contributed by atoms with Gasteiger partial charge in [0.2, 0.25) is 0 Å². The van der Waals surface area contributed by atoms with E-state index in [0.717, 1.165) is 43.6 Å². The Bertz CT molecular complexity index is 833. The molecule has 0 fully saturated rings. The van der Waals surface area contributed by atoms with E-state index in [1.54, 1.807) is 0 Å². The van der Waals surface area contributed by atoms with Crippen LogP contribution in [0, 0.1) is 0 Å². The smallest absolute Gasteiger partial charge is 0.160 e. The van der Waals surface area contributed by atoms with E-state index in [4.69, 9.17) is 0 Å². The quantitative estimate of drug-likeness (QED) is 0.519. The number of aryl methyl sites for hydroxylation is 2. The Morgan fingerprint density at radius 3 is 2.60 bits per heavy atom. The number of pyridine rings is 1. The highest BCUT2D eigenvalue weighted by Gasteiger charge is 2.15. The minimum Gasteiger partial charge on any atom is -0.283 e. The minimum atomic E-state index is 0.393. The average molecular weight is 333 g/mol. The number of rotatable bonds is 8. The highest BCUT2D eigenvalue weighted by molar-refractivity contribution is 5.40. The van der Waals surface area contributed by atoms with Crippen molar-refractivity contribution >= 4 is 5.65 Å². The van der Waals surface area contributed by atoms with Crippen molar-refractivity contribution in [3.8, 4) is 0 Å². The first-order valence-electron chi connectivity index (χ1n) is 9.16. The topological polar surface area (TPSA) is 30.2 Å². The van der Waals surface area contributed by atoms with Crippen LogP contribution < -0.4 is 0 Å². The second-order valence-electron chi connectivity index (χ2n) is 7.00. The van der Waals surface area contributed by atoms with Gasteiger partial charge in [-0.15, -0.1) is 16.8 Å². The second kappa shape index (κ2) is 8.11. The zero-order chi connectivity index (χ0) is 17.6. The lowest BCUT2D eigenvalue weighted by Gasteiger charge is -2.13. The van der Waals surface area contributed by atoms with Crippen molar-refractivity contribution in [2.45, 2.75) is 51.9 Å². The maximum atomic E-state index is 4.50. The number of allylic oxidation sites excluding steroid dienone is 1. The van der Waals surface area contributed by atoms with Gasteiger partial charge in [0.15, 0.2) is 5.65 Å². The average Bonchev–Trinajstić information content (AvgIpc) is 3.05. The minimum absolute atomic E-state index is 0.393. The Morgan fingerprint density at radius 1 is 1.04 bits per heavy atom. The zero-order valence-corrected chi connectivity index (χ0v) is 15.3. The largest absolute Gasteiger partial charge is 0.283 e. The van der Waals surface area contributed by atoms with Crippen molar-refractivity contribution in [2.75, 3.05) is 0 Å². The van der Waals surface area contributed by atoms with Crippen LogP contribution in [0.5, 0.6) is 0 Å². The number of fused-ring (bicyclic) bond motifs is 1. The van der Waals surface area contributed by atoms with Crippen molar-refractivity contribution in [2.24, 2.45) is 0 Å². The summed E-state index contributed by atoms with van der Waals surface area (Å²) in [7, 11) is 0. The van der Waals surface area contributed by atoms with Gasteiger partial charge in [0.1, 0.15) is 5.82 Å². The summed E-state index contributed by atoms with van der Waals surface area (Å²) in [5.41, 5.74) is 4.84. The van der Waals surface area contributed by atoms with Gasteiger partial charge in [0.25, 0.3) is 0 Å². The molecule has 3 rings (SSSR count). The lowest BCUT2D eigenvalue weighted by molar-refractivity contribution is 0.593. The summed E-state index contributed by atoms with van der Waals surface area (Å²) in [5.74, 6) is 1.48. The Kier molecular flexibility index (Phi) is 5.64. The maximum Gasteiger partial charge on any atom is 0.160 e. The summed E-state index contributed by atoms with van der Waals surface area (Å²) >= 11 is 0. The summed E-state index contributed by atoms with van der Waals surface area (Å²) in [6, 6.07) is 17.0. The van der Waals surface area contributed by atoms with Gasteiger partial charge in [0, 0.05) is 11.6 Å². The zero-order valence-electron chi connectivity index (χ0n) is 15.3. The molecule has 0 saturated carbocycles. The molecule has 1 atom stereocenters. The van der Waals surface area contributed by atoms with E-state index in [9.17, 15) is 0 Å². The van der Waals surface area contributed by atoms with Gasteiger partial charge in [-0.05, 0) is 56.7 Å². The first-order chi connectivity index (χ1) is 12.1. The molecule has 0 N–H and O–H groups in total. The monoisotopic (exact) mass is 333 g/mol. The summed E-state index contributed by atoms with van der Waals surface area (Å²) in [4.78, 5) is 0. The molecule has 3 heteroatoms. The first-order valence-corrected chi connectivity index (χ1v) is 9.16. The molecule has 130 valence electrons. The molecule has 2 aromatic heterocycles. The lowest BCUT2D eigenvalue weighted by atomic mass is 10.00. The number of aromatic nitrogens is 3. The van der Waals surface area contributed by atoms with Crippen LogP contribution in [0.3, 0.4) is 0 Å². The Hall–Kier alpha value is -2.42. The van der Waals surface area contributed by atoms with E-state index in [-0.39, 0.29) is 0 Å². The van der Waals surface area contributed by atoms with Crippen molar-refractivity contribution in [1.82, 2.24) is 14.6 Å². The Balaban J connectivity index is 1.72.